The monoisotopic (exact) mass is 491 g/mol. The number of ether oxygens (including phenoxy) is 1. The number of halogens is 3. The van der Waals surface area contributed by atoms with E-state index in [0.29, 0.717) is 31.6 Å². The van der Waals surface area contributed by atoms with Crippen LogP contribution in [0.25, 0.3) is 0 Å². The van der Waals surface area contributed by atoms with Gasteiger partial charge >= 0.3 is 12.1 Å². The fraction of sp³-hybridized carbons (Fsp3) is 0.577. The minimum Gasteiger partial charge on any atom is -0.466 e. The molecule has 1 aromatic heterocycles. The number of rotatable bonds is 6. The Morgan fingerprint density at radius 1 is 1.14 bits per heavy atom. The fourth-order valence-electron chi connectivity index (χ4n) is 5.31. The summed E-state index contributed by atoms with van der Waals surface area (Å²) in [6.45, 7) is 4.34. The van der Waals surface area contributed by atoms with E-state index in [4.69, 9.17) is 4.74 Å². The number of benzene rings is 1. The molecule has 1 aliphatic heterocycles. The first-order valence-corrected chi connectivity index (χ1v) is 12.4. The fourth-order valence-corrected chi connectivity index (χ4v) is 5.31. The van der Waals surface area contributed by atoms with Gasteiger partial charge in [0, 0.05) is 18.5 Å². The molecule has 1 amide bonds. The van der Waals surface area contributed by atoms with Gasteiger partial charge in [0.05, 0.1) is 30.8 Å². The van der Waals surface area contributed by atoms with Crippen molar-refractivity contribution >= 4 is 11.9 Å². The Kier molecular flexibility index (Phi) is 7.52. The quantitative estimate of drug-likeness (QED) is 0.524. The van der Waals surface area contributed by atoms with Crippen LogP contribution in [0.5, 0.6) is 0 Å². The Balaban J connectivity index is 1.47. The van der Waals surface area contributed by atoms with Crippen LogP contribution in [-0.2, 0) is 33.5 Å². The van der Waals surface area contributed by atoms with E-state index in [1.165, 1.54) is 4.68 Å². The Bertz CT molecular complexity index is 1040. The lowest BCUT2D eigenvalue weighted by molar-refractivity contribution is -0.149. The molecule has 1 fully saturated rings. The van der Waals surface area contributed by atoms with Gasteiger partial charge in [-0.1, -0.05) is 30.3 Å². The Morgan fingerprint density at radius 2 is 1.83 bits per heavy atom. The van der Waals surface area contributed by atoms with Gasteiger partial charge in [0.2, 0.25) is 5.91 Å². The van der Waals surface area contributed by atoms with E-state index < -0.39 is 17.9 Å². The normalized spacial score (nSPS) is 21.3. The summed E-state index contributed by atoms with van der Waals surface area (Å²) in [6, 6.07) is 8.89. The van der Waals surface area contributed by atoms with E-state index in [2.05, 4.69) is 5.10 Å². The molecule has 190 valence electrons. The highest BCUT2D eigenvalue weighted by Crippen LogP contribution is 2.38. The Morgan fingerprint density at radius 3 is 2.46 bits per heavy atom. The number of nitrogens with zero attached hydrogens (tertiary/aromatic N) is 3. The highest BCUT2D eigenvalue weighted by molar-refractivity contribution is 5.77. The zero-order valence-electron chi connectivity index (χ0n) is 20.2. The van der Waals surface area contributed by atoms with Gasteiger partial charge in [0.15, 0.2) is 5.69 Å². The van der Waals surface area contributed by atoms with Crippen molar-refractivity contribution in [3.63, 3.8) is 0 Å². The number of carbonyl (C=O) groups excluding carboxylic acids is 2. The molecular weight excluding hydrogens is 459 g/mol. The summed E-state index contributed by atoms with van der Waals surface area (Å²) in [4.78, 5) is 26.8. The molecule has 6 nitrogen and oxygen atoms in total. The molecule has 2 aliphatic rings. The third-order valence-corrected chi connectivity index (χ3v) is 7.29. The Labute approximate surface area is 203 Å². The lowest BCUT2D eigenvalue weighted by Crippen LogP contribution is -2.38. The molecule has 1 unspecified atom stereocenters. The minimum atomic E-state index is -4.55. The van der Waals surface area contributed by atoms with E-state index in [-0.39, 0.29) is 48.8 Å². The van der Waals surface area contributed by atoms with Crippen LogP contribution in [0.15, 0.2) is 30.3 Å². The second-order valence-electron chi connectivity index (χ2n) is 9.54. The first kappa shape index (κ1) is 25.3. The third-order valence-electron chi connectivity index (χ3n) is 7.29. The zero-order chi connectivity index (χ0) is 25.2. The van der Waals surface area contributed by atoms with Crippen molar-refractivity contribution in [3.8, 4) is 0 Å². The van der Waals surface area contributed by atoms with Gasteiger partial charge < -0.3 is 9.64 Å². The number of esters is 1. The molecular formula is C26H32F3N3O3. The molecule has 2 heterocycles. The van der Waals surface area contributed by atoms with Crippen LogP contribution in [0.1, 0.15) is 74.5 Å². The summed E-state index contributed by atoms with van der Waals surface area (Å²) in [7, 11) is 0. The number of hydrogen-bond donors (Lipinski definition) is 0. The molecule has 9 heteroatoms. The largest absolute Gasteiger partial charge is 0.466 e. The van der Waals surface area contributed by atoms with Gasteiger partial charge in [-0.05, 0) is 57.4 Å². The summed E-state index contributed by atoms with van der Waals surface area (Å²) in [5.41, 5.74) is 0.659. The molecule has 0 bridgehead atoms. The van der Waals surface area contributed by atoms with Crippen LogP contribution >= 0.6 is 0 Å². The van der Waals surface area contributed by atoms with Crippen molar-refractivity contribution in [1.29, 1.82) is 0 Å². The van der Waals surface area contributed by atoms with Crippen molar-refractivity contribution < 1.29 is 27.5 Å². The molecule has 0 saturated heterocycles. The van der Waals surface area contributed by atoms with Crippen molar-refractivity contribution in [2.75, 3.05) is 13.2 Å². The predicted molar refractivity (Wildman–Crippen MR) is 123 cm³/mol. The van der Waals surface area contributed by atoms with Crippen LogP contribution in [0, 0.1) is 11.8 Å². The molecule has 1 saturated carbocycles. The van der Waals surface area contributed by atoms with Gasteiger partial charge in [-0.25, -0.2) is 0 Å². The van der Waals surface area contributed by atoms with E-state index in [9.17, 15) is 22.8 Å². The molecule has 35 heavy (non-hydrogen) atoms. The van der Waals surface area contributed by atoms with Crippen LogP contribution < -0.4 is 0 Å². The summed E-state index contributed by atoms with van der Waals surface area (Å²) < 4.78 is 47.9. The highest BCUT2D eigenvalue weighted by Gasteiger charge is 2.41. The lowest BCUT2D eigenvalue weighted by Gasteiger charge is -2.32. The van der Waals surface area contributed by atoms with Crippen LogP contribution in [0.2, 0.25) is 0 Å². The van der Waals surface area contributed by atoms with E-state index in [1.54, 1.807) is 11.8 Å². The standard InChI is InChI=1S/C26H32F3N3O3/c1-3-35-25(34)20-11-9-18(10-12-20)15-23(33)31-14-13-21-22(16-31)32(30-24(21)26(27,28)29)17(2)19-7-5-4-6-8-19/h4-8,17-18,20H,3,9-16H2,1-2H3. The number of amides is 1. The van der Waals surface area contributed by atoms with E-state index in [0.717, 1.165) is 18.4 Å². The lowest BCUT2D eigenvalue weighted by atomic mass is 9.80. The van der Waals surface area contributed by atoms with Crippen LogP contribution in [0.4, 0.5) is 13.2 Å². The molecule has 0 spiro atoms. The maximum Gasteiger partial charge on any atom is 0.435 e. The first-order valence-electron chi connectivity index (χ1n) is 12.4. The van der Waals surface area contributed by atoms with Crippen molar-refractivity contribution in [2.24, 2.45) is 11.8 Å². The van der Waals surface area contributed by atoms with Crippen LogP contribution in [-0.4, -0.2) is 39.7 Å². The second kappa shape index (κ2) is 10.4. The molecule has 2 aromatic rings. The molecule has 0 radical (unpaired) electrons. The van der Waals surface area contributed by atoms with E-state index in [1.807, 2.05) is 37.3 Å². The van der Waals surface area contributed by atoms with Crippen molar-refractivity contribution in [2.45, 2.75) is 71.1 Å². The summed E-state index contributed by atoms with van der Waals surface area (Å²) in [5.74, 6) is -0.145. The maximum atomic E-state index is 13.8. The molecule has 0 N–H and O–H groups in total. The van der Waals surface area contributed by atoms with Crippen molar-refractivity contribution in [3.05, 3.63) is 52.8 Å². The van der Waals surface area contributed by atoms with Gasteiger partial charge in [0.1, 0.15) is 0 Å². The summed E-state index contributed by atoms with van der Waals surface area (Å²) >= 11 is 0. The van der Waals surface area contributed by atoms with Gasteiger partial charge in [-0.3, -0.25) is 14.3 Å². The number of fused-ring (bicyclic) bond motifs is 1. The average Bonchev–Trinajstić information content (AvgIpc) is 3.24. The van der Waals surface area contributed by atoms with Crippen LogP contribution in [0.3, 0.4) is 0 Å². The predicted octanol–water partition coefficient (Wildman–Crippen LogP) is 5.16. The highest BCUT2D eigenvalue weighted by atomic mass is 19.4. The van der Waals surface area contributed by atoms with Gasteiger partial charge in [-0.2, -0.15) is 18.3 Å². The zero-order valence-corrected chi connectivity index (χ0v) is 20.2. The number of alkyl halides is 3. The third kappa shape index (κ3) is 5.54. The second-order valence-corrected chi connectivity index (χ2v) is 9.54. The summed E-state index contributed by atoms with van der Waals surface area (Å²) in [5, 5.41) is 4.00. The average molecular weight is 492 g/mol. The Hall–Kier alpha value is -2.84. The van der Waals surface area contributed by atoms with Crippen molar-refractivity contribution in [1.82, 2.24) is 14.7 Å². The molecule has 4 rings (SSSR count). The summed E-state index contributed by atoms with van der Waals surface area (Å²) in [6.07, 6.45) is -1.11. The number of carbonyl (C=O) groups is 2. The van der Waals surface area contributed by atoms with Gasteiger partial charge in [-0.15, -0.1) is 0 Å². The smallest absolute Gasteiger partial charge is 0.435 e. The van der Waals surface area contributed by atoms with E-state index >= 15 is 0 Å². The SMILES string of the molecule is CCOC(=O)C1CCC(CC(=O)N2CCc3c(C(F)(F)F)nn(C(C)c4ccccc4)c3C2)CC1. The minimum absolute atomic E-state index is 0.0519. The number of hydrogen-bond acceptors (Lipinski definition) is 4. The molecule has 1 aliphatic carbocycles. The van der Waals surface area contributed by atoms with Gasteiger partial charge in [0.25, 0.3) is 0 Å². The topological polar surface area (TPSA) is 64.4 Å². The molecule has 1 atom stereocenters. The molecule has 1 aromatic carbocycles. The number of aromatic nitrogens is 2. The first-order chi connectivity index (χ1) is 16.7. The maximum absolute atomic E-state index is 13.8.